The van der Waals surface area contributed by atoms with Crippen LogP contribution in [0.3, 0.4) is 0 Å². The number of esters is 1. The number of aromatic hydroxyl groups is 1. The highest BCUT2D eigenvalue weighted by Crippen LogP contribution is 2.34. The molecule has 6 heteroatoms. The molecule has 0 amide bonds. The van der Waals surface area contributed by atoms with E-state index in [0.29, 0.717) is 23.1 Å². The molecule has 130 valence electrons. The van der Waals surface area contributed by atoms with Crippen LogP contribution in [-0.2, 0) is 4.74 Å². The highest BCUT2D eigenvalue weighted by Gasteiger charge is 2.20. The topological polar surface area (TPSA) is 68.7 Å². The van der Waals surface area contributed by atoms with E-state index in [1.807, 2.05) is 6.92 Å². The van der Waals surface area contributed by atoms with E-state index < -0.39 is 5.97 Å². The van der Waals surface area contributed by atoms with Gasteiger partial charge in [-0.3, -0.25) is 0 Å². The summed E-state index contributed by atoms with van der Waals surface area (Å²) >= 11 is 6.19. The van der Waals surface area contributed by atoms with Gasteiger partial charge in [-0.05, 0) is 31.0 Å². The van der Waals surface area contributed by atoms with Crippen LogP contribution < -0.4 is 4.74 Å². The summed E-state index contributed by atoms with van der Waals surface area (Å²) < 4.78 is 10.7. The van der Waals surface area contributed by atoms with Crippen molar-refractivity contribution in [1.29, 1.82) is 0 Å². The molecule has 0 spiro atoms. The zero-order valence-electron chi connectivity index (χ0n) is 14.0. The van der Waals surface area contributed by atoms with Gasteiger partial charge in [0.05, 0.1) is 13.2 Å². The van der Waals surface area contributed by atoms with Crippen LogP contribution in [0.25, 0.3) is 10.8 Å². The predicted octanol–water partition coefficient (Wildman–Crippen LogP) is 4.73. The normalized spacial score (nSPS) is 10.8. The molecule has 2 aromatic rings. The average Bonchev–Trinajstić information content (AvgIpc) is 2.58. The fraction of sp³-hybridized carbons (Fsp3) is 0.444. The summed E-state index contributed by atoms with van der Waals surface area (Å²) in [5.74, 6) is -0.249. The number of halogens is 1. The summed E-state index contributed by atoms with van der Waals surface area (Å²) in [7, 11) is 0. The molecule has 1 aromatic heterocycles. The number of hydrogen-bond acceptors (Lipinski definition) is 5. The summed E-state index contributed by atoms with van der Waals surface area (Å²) in [6, 6.07) is 5.12. The maximum atomic E-state index is 12.0. The standard InChI is InChI=1S/C18H22ClNO4/c1-3-5-9-23-12-7-8-13-14(11-12)17(19)20-15(16(13)21)18(22)24-10-6-4-2/h7-8,11,21H,3-6,9-10H2,1-2H3. The molecule has 0 aliphatic heterocycles. The molecule has 0 bridgehead atoms. The largest absolute Gasteiger partial charge is 0.505 e. The van der Waals surface area contributed by atoms with Gasteiger partial charge in [0.1, 0.15) is 10.9 Å². The Hall–Kier alpha value is -2.01. The Kier molecular flexibility index (Phi) is 6.67. The molecule has 5 nitrogen and oxygen atoms in total. The second kappa shape index (κ2) is 8.73. The van der Waals surface area contributed by atoms with Gasteiger partial charge in [-0.1, -0.05) is 38.3 Å². The summed E-state index contributed by atoms with van der Waals surface area (Å²) in [4.78, 5) is 16.1. The number of ether oxygens (including phenoxy) is 2. The van der Waals surface area contributed by atoms with E-state index >= 15 is 0 Å². The van der Waals surface area contributed by atoms with Crippen molar-refractivity contribution in [1.82, 2.24) is 4.98 Å². The molecule has 0 radical (unpaired) electrons. The van der Waals surface area contributed by atoms with Gasteiger partial charge < -0.3 is 14.6 Å². The molecule has 1 heterocycles. The molecule has 0 saturated carbocycles. The van der Waals surface area contributed by atoms with Crippen LogP contribution in [-0.4, -0.2) is 29.3 Å². The van der Waals surface area contributed by atoms with Crippen LogP contribution in [0.15, 0.2) is 18.2 Å². The molecule has 0 aliphatic carbocycles. The summed E-state index contributed by atoms with van der Waals surface area (Å²) in [5, 5.41) is 11.5. The van der Waals surface area contributed by atoms with Crippen LogP contribution in [0, 0.1) is 0 Å². The Bertz CT molecular complexity index is 718. The Morgan fingerprint density at radius 1 is 1.17 bits per heavy atom. The van der Waals surface area contributed by atoms with E-state index in [1.54, 1.807) is 18.2 Å². The van der Waals surface area contributed by atoms with Crippen molar-refractivity contribution < 1.29 is 19.4 Å². The van der Waals surface area contributed by atoms with Gasteiger partial charge in [0, 0.05) is 10.8 Å². The first kappa shape index (κ1) is 18.3. The number of carbonyl (C=O) groups is 1. The molecule has 0 atom stereocenters. The van der Waals surface area contributed by atoms with Crippen molar-refractivity contribution in [2.24, 2.45) is 0 Å². The Balaban J connectivity index is 2.29. The monoisotopic (exact) mass is 351 g/mol. The van der Waals surface area contributed by atoms with Crippen LogP contribution in [0.5, 0.6) is 11.5 Å². The molecule has 0 fully saturated rings. The van der Waals surface area contributed by atoms with Crippen molar-refractivity contribution in [2.45, 2.75) is 39.5 Å². The zero-order valence-corrected chi connectivity index (χ0v) is 14.7. The minimum absolute atomic E-state index is 0.131. The van der Waals surface area contributed by atoms with Gasteiger partial charge in [-0.15, -0.1) is 0 Å². The summed E-state index contributed by atoms with van der Waals surface area (Å²) in [6.07, 6.45) is 3.66. The number of carbonyl (C=O) groups excluding carboxylic acids is 1. The molecule has 0 saturated heterocycles. The number of pyridine rings is 1. The zero-order chi connectivity index (χ0) is 17.5. The SMILES string of the molecule is CCCCOC(=O)c1nc(Cl)c2cc(OCCCC)ccc2c1O. The van der Waals surface area contributed by atoms with Gasteiger partial charge in [0.15, 0.2) is 11.4 Å². The number of unbranched alkanes of at least 4 members (excludes halogenated alkanes) is 2. The van der Waals surface area contributed by atoms with Crippen molar-refractivity contribution in [3.05, 3.63) is 29.0 Å². The van der Waals surface area contributed by atoms with E-state index in [0.717, 1.165) is 25.7 Å². The van der Waals surface area contributed by atoms with Crippen LogP contribution in [0.2, 0.25) is 5.15 Å². The first-order valence-corrected chi connectivity index (χ1v) is 8.58. The molecular formula is C18H22ClNO4. The molecule has 0 aliphatic rings. The minimum Gasteiger partial charge on any atom is -0.505 e. The highest BCUT2D eigenvalue weighted by atomic mass is 35.5. The Morgan fingerprint density at radius 2 is 1.88 bits per heavy atom. The van der Waals surface area contributed by atoms with E-state index in [-0.39, 0.29) is 23.2 Å². The maximum absolute atomic E-state index is 12.0. The van der Waals surface area contributed by atoms with Gasteiger partial charge in [-0.25, -0.2) is 9.78 Å². The van der Waals surface area contributed by atoms with Crippen molar-refractivity contribution >= 4 is 28.3 Å². The molecule has 24 heavy (non-hydrogen) atoms. The molecular weight excluding hydrogens is 330 g/mol. The molecule has 0 unspecified atom stereocenters. The number of nitrogens with zero attached hydrogens (tertiary/aromatic N) is 1. The number of benzene rings is 1. The fourth-order valence-corrected chi connectivity index (χ4v) is 2.42. The molecule has 1 N–H and O–H groups in total. The highest BCUT2D eigenvalue weighted by molar-refractivity contribution is 6.35. The smallest absolute Gasteiger partial charge is 0.360 e. The van der Waals surface area contributed by atoms with Crippen molar-refractivity contribution in [3.8, 4) is 11.5 Å². The lowest BCUT2D eigenvalue weighted by Crippen LogP contribution is -2.09. The maximum Gasteiger partial charge on any atom is 0.360 e. The van der Waals surface area contributed by atoms with E-state index in [9.17, 15) is 9.90 Å². The molecule has 1 aromatic carbocycles. The predicted molar refractivity (Wildman–Crippen MR) is 94.0 cm³/mol. The van der Waals surface area contributed by atoms with Gasteiger partial charge in [0.25, 0.3) is 0 Å². The second-order valence-corrected chi connectivity index (χ2v) is 5.86. The van der Waals surface area contributed by atoms with Crippen molar-refractivity contribution in [2.75, 3.05) is 13.2 Å². The van der Waals surface area contributed by atoms with Crippen LogP contribution in [0.1, 0.15) is 50.0 Å². The molecule has 2 rings (SSSR count). The lowest BCUT2D eigenvalue weighted by atomic mass is 10.1. The third-order valence-electron chi connectivity index (χ3n) is 3.59. The fourth-order valence-electron chi connectivity index (χ4n) is 2.18. The minimum atomic E-state index is -0.673. The third kappa shape index (κ3) is 4.29. The number of hydrogen-bond donors (Lipinski definition) is 1. The summed E-state index contributed by atoms with van der Waals surface area (Å²) in [5.41, 5.74) is -0.164. The van der Waals surface area contributed by atoms with Gasteiger partial charge in [0.2, 0.25) is 0 Å². The number of rotatable bonds is 8. The van der Waals surface area contributed by atoms with Crippen molar-refractivity contribution in [3.63, 3.8) is 0 Å². The van der Waals surface area contributed by atoms with E-state index in [2.05, 4.69) is 11.9 Å². The Labute approximate surface area is 146 Å². The second-order valence-electron chi connectivity index (χ2n) is 5.50. The Morgan fingerprint density at radius 3 is 2.58 bits per heavy atom. The quantitative estimate of drug-likeness (QED) is 0.423. The lowest BCUT2D eigenvalue weighted by Gasteiger charge is -2.11. The summed E-state index contributed by atoms with van der Waals surface area (Å²) in [6.45, 7) is 4.98. The average molecular weight is 352 g/mol. The lowest BCUT2D eigenvalue weighted by molar-refractivity contribution is 0.0489. The first-order chi connectivity index (χ1) is 11.6. The van der Waals surface area contributed by atoms with Crippen LogP contribution in [0.4, 0.5) is 0 Å². The first-order valence-electron chi connectivity index (χ1n) is 8.20. The van der Waals surface area contributed by atoms with Crippen LogP contribution >= 0.6 is 11.6 Å². The van der Waals surface area contributed by atoms with Gasteiger partial charge >= 0.3 is 5.97 Å². The number of aromatic nitrogens is 1. The van der Waals surface area contributed by atoms with E-state index in [4.69, 9.17) is 21.1 Å². The number of fused-ring (bicyclic) bond motifs is 1. The third-order valence-corrected chi connectivity index (χ3v) is 3.88. The van der Waals surface area contributed by atoms with E-state index in [1.165, 1.54) is 0 Å². The van der Waals surface area contributed by atoms with Gasteiger partial charge in [-0.2, -0.15) is 0 Å².